The molecule has 0 unspecified atom stereocenters. The number of benzene rings is 3. The number of phenols is 1. The first kappa shape index (κ1) is 22.7. The molecular weight excluding hydrogens is 428 g/mol. The first-order chi connectivity index (χ1) is 16.2. The van der Waals surface area contributed by atoms with Crippen LogP contribution in [0.1, 0.15) is 48.0 Å². The fourth-order valence-electron chi connectivity index (χ4n) is 3.58. The minimum Gasteiger partial charge on any atom is -0.505 e. The number of aromatic hydroxyl groups is 1. The maximum Gasteiger partial charge on any atom is 0.259 e. The second kappa shape index (κ2) is 8.79. The molecule has 1 heterocycles. The van der Waals surface area contributed by atoms with Crippen molar-refractivity contribution < 1.29 is 9.90 Å². The van der Waals surface area contributed by atoms with E-state index in [1.165, 1.54) is 0 Å². The average Bonchev–Trinajstić information content (AvgIpc) is 3.23. The summed E-state index contributed by atoms with van der Waals surface area (Å²) in [5.74, 6) is -0.593. The molecule has 0 spiro atoms. The van der Waals surface area contributed by atoms with Crippen LogP contribution < -0.4 is 5.32 Å². The van der Waals surface area contributed by atoms with Crippen molar-refractivity contribution >= 4 is 33.9 Å². The van der Waals surface area contributed by atoms with E-state index < -0.39 is 5.91 Å². The van der Waals surface area contributed by atoms with Crippen molar-refractivity contribution in [3.05, 3.63) is 77.0 Å². The van der Waals surface area contributed by atoms with Gasteiger partial charge in [-0.05, 0) is 30.5 Å². The second-order valence-corrected chi connectivity index (χ2v) is 9.02. The number of nitrogens with zero attached hydrogens (tertiary/aromatic N) is 4. The van der Waals surface area contributed by atoms with Crippen LogP contribution in [0.25, 0.3) is 10.8 Å². The summed E-state index contributed by atoms with van der Waals surface area (Å²) in [6.07, 6.45) is 0. The van der Waals surface area contributed by atoms with E-state index in [0.29, 0.717) is 22.2 Å². The summed E-state index contributed by atoms with van der Waals surface area (Å²) < 4.78 is 0. The lowest BCUT2D eigenvalue weighted by atomic mass is 9.90. The highest BCUT2D eigenvalue weighted by molar-refractivity contribution is 6.11. The molecule has 0 aliphatic heterocycles. The van der Waals surface area contributed by atoms with Crippen LogP contribution in [0, 0.1) is 18.3 Å². The standard InChI is InChI=1S/C26H24N6O2/c1-15-9-11-17(12-10-15)28-25(34)19-13-16-7-5-6-8-18(16)21(22(19)33)29-31-24-20(14-27)23(30-32-24)26(2,3)4/h5-13,33H,1-4H3,(H,28,34)(H,30,32)/b31-29+. The Labute approximate surface area is 197 Å². The number of aromatic amines is 1. The van der Waals surface area contributed by atoms with Crippen LogP contribution in [0.3, 0.4) is 0 Å². The van der Waals surface area contributed by atoms with E-state index in [1.54, 1.807) is 30.3 Å². The molecular formula is C26H24N6O2. The van der Waals surface area contributed by atoms with Crippen molar-refractivity contribution in [2.24, 2.45) is 10.2 Å². The lowest BCUT2D eigenvalue weighted by molar-refractivity contribution is 0.102. The van der Waals surface area contributed by atoms with Crippen molar-refractivity contribution in [3.8, 4) is 11.8 Å². The van der Waals surface area contributed by atoms with Gasteiger partial charge in [-0.15, -0.1) is 10.2 Å². The summed E-state index contributed by atoms with van der Waals surface area (Å²) in [4.78, 5) is 13.0. The van der Waals surface area contributed by atoms with Crippen molar-refractivity contribution in [3.63, 3.8) is 0 Å². The predicted molar refractivity (Wildman–Crippen MR) is 131 cm³/mol. The molecule has 0 saturated carbocycles. The van der Waals surface area contributed by atoms with Crippen molar-refractivity contribution in [1.29, 1.82) is 5.26 Å². The largest absolute Gasteiger partial charge is 0.505 e. The molecule has 1 aromatic heterocycles. The van der Waals surface area contributed by atoms with Gasteiger partial charge in [0, 0.05) is 16.5 Å². The fraction of sp³-hybridized carbons (Fsp3) is 0.192. The van der Waals surface area contributed by atoms with E-state index >= 15 is 0 Å². The zero-order valence-electron chi connectivity index (χ0n) is 19.3. The molecule has 0 fully saturated rings. The average molecular weight is 453 g/mol. The Morgan fingerprint density at radius 2 is 1.82 bits per heavy atom. The quantitative estimate of drug-likeness (QED) is 0.309. The van der Waals surface area contributed by atoms with Crippen LogP contribution >= 0.6 is 0 Å². The third-order valence-corrected chi connectivity index (χ3v) is 5.37. The third kappa shape index (κ3) is 4.36. The van der Waals surface area contributed by atoms with Gasteiger partial charge in [-0.2, -0.15) is 10.4 Å². The second-order valence-electron chi connectivity index (χ2n) is 9.02. The van der Waals surface area contributed by atoms with E-state index in [0.717, 1.165) is 5.56 Å². The first-order valence-electron chi connectivity index (χ1n) is 10.7. The van der Waals surface area contributed by atoms with Gasteiger partial charge < -0.3 is 10.4 Å². The van der Waals surface area contributed by atoms with Crippen molar-refractivity contribution in [1.82, 2.24) is 10.2 Å². The predicted octanol–water partition coefficient (Wildman–Crippen LogP) is 6.41. The third-order valence-electron chi connectivity index (χ3n) is 5.37. The Hall–Kier alpha value is -4.51. The summed E-state index contributed by atoms with van der Waals surface area (Å²) in [5, 5.41) is 40.2. The van der Waals surface area contributed by atoms with Gasteiger partial charge in [0.1, 0.15) is 17.3 Å². The molecule has 3 N–H and O–H groups in total. The van der Waals surface area contributed by atoms with Crippen LogP contribution in [-0.4, -0.2) is 21.2 Å². The molecule has 8 nitrogen and oxygen atoms in total. The first-order valence-corrected chi connectivity index (χ1v) is 10.7. The minimum absolute atomic E-state index is 0.0636. The summed E-state index contributed by atoms with van der Waals surface area (Å²) in [6.45, 7) is 7.79. The summed E-state index contributed by atoms with van der Waals surface area (Å²) in [5.41, 5.74) is 2.36. The molecule has 3 aromatic carbocycles. The highest BCUT2D eigenvalue weighted by atomic mass is 16.3. The normalized spacial score (nSPS) is 11.6. The number of rotatable bonds is 4. The number of carbonyl (C=O) groups excluding carboxylic acids is 1. The molecule has 4 rings (SSSR count). The van der Waals surface area contributed by atoms with Gasteiger partial charge in [0.25, 0.3) is 5.91 Å². The van der Waals surface area contributed by atoms with E-state index in [-0.39, 0.29) is 33.8 Å². The van der Waals surface area contributed by atoms with Crippen LogP contribution in [-0.2, 0) is 5.41 Å². The smallest absolute Gasteiger partial charge is 0.259 e. The van der Waals surface area contributed by atoms with Crippen LogP contribution in [0.15, 0.2) is 64.8 Å². The number of hydrogen-bond acceptors (Lipinski definition) is 6. The topological polar surface area (TPSA) is 127 Å². The molecule has 170 valence electrons. The van der Waals surface area contributed by atoms with E-state index in [4.69, 9.17) is 0 Å². The lowest BCUT2D eigenvalue weighted by Gasteiger charge is -2.14. The van der Waals surface area contributed by atoms with Crippen molar-refractivity contribution in [2.75, 3.05) is 5.32 Å². The molecule has 0 bridgehead atoms. The summed E-state index contributed by atoms with van der Waals surface area (Å²) in [7, 11) is 0. The molecule has 0 atom stereocenters. The number of fused-ring (bicyclic) bond motifs is 1. The number of amides is 1. The van der Waals surface area contributed by atoms with Crippen molar-refractivity contribution in [2.45, 2.75) is 33.1 Å². The Kier molecular flexibility index (Phi) is 5.86. The Morgan fingerprint density at radius 1 is 1.12 bits per heavy atom. The van der Waals surface area contributed by atoms with E-state index in [1.807, 2.05) is 52.0 Å². The van der Waals surface area contributed by atoms with Gasteiger partial charge in [-0.3, -0.25) is 9.89 Å². The van der Waals surface area contributed by atoms with Crippen LogP contribution in [0.4, 0.5) is 17.2 Å². The number of nitrogens with one attached hydrogen (secondary N) is 2. The minimum atomic E-state index is -0.474. The Morgan fingerprint density at radius 3 is 2.50 bits per heavy atom. The zero-order chi connectivity index (χ0) is 24.5. The van der Waals surface area contributed by atoms with E-state index in [2.05, 4.69) is 31.8 Å². The number of azo groups is 1. The number of nitriles is 1. The summed E-state index contributed by atoms with van der Waals surface area (Å²) in [6, 6.07) is 18.3. The number of aromatic nitrogens is 2. The molecule has 0 aliphatic rings. The molecule has 0 saturated heterocycles. The van der Waals surface area contributed by atoms with Gasteiger partial charge in [0.2, 0.25) is 0 Å². The molecule has 4 aromatic rings. The van der Waals surface area contributed by atoms with Crippen LogP contribution in [0.5, 0.6) is 5.75 Å². The number of phenolic OH excluding ortho intramolecular Hbond substituents is 1. The van der Waals surface area contributed by atoms with Gasteiger partial charge >= 0.3 is 0 Å². The number of anilines is 1. The number of hydrogen-bond donors (Lipinski definition) is 3. The van der Waals surface area contributed by atoms with Gasteiger partial charge in [0.15, 0.2) is 11.6 Å². The molecule has 1 amide bonds. The monoisotopic (exact) mass is 452 g/mol. The highest BCUT2D eigenvalue weighted by Gasteiger charge is 2.25. The van der Waals surface area contributed by atoms with Gasteiger partial charge in [0.05, 0.1) is 11.3 Å². The zero-order valence-corrected chi connectivity index (χ0v) is 19.3. The van der Waals surface area contributed by atoms with Gasteiger partial charge in [-0.25, -0.2) is 0 Å². The summed E-state index contributed by atoms with van der Waals surface area (Å²) >= 11 is 0. The highest BCUT2D eigenvalue weighted by Crippen LogP contribution is 2.40. The maximum absolute atomic E-state index is 13.0. The Balaban J connectivity index is 1.78. The molecule has 8 heteroatoms. The SMILES string of the molecule is Cc1ccc(NC(=O)c2cc3ccccc3c(/N=N/c3[nH]nc(C(C)(C)C)c3C#N)c2O)cc1. The molecule has 0 aliphatic carbocycles. The number of aryl methyl sites for hydroxylation is 1. The maximum atomic E-state index is 13.0. The molecule has 0 radical (unpaired) electrons. The lowest BCUT2D eigenvalue weighted by Crippen LogP contribution is -2.13. The van der Waals surface area contributed by atoms with E-state index in [9.17, 15) is 15.2 Å². The van der Waals surface area contributed by atoms with Crippen LogP contribution in [0.2, 0.25) is 0 Å². The Bertz CT molecular complexity index is 1450. The number of H-pyrrole nitrogens is 1. The van der Waals surface area contributed by atoms with Gasteiger partial charge in [-0.1, -0.05) is 62.7 Å². The number of carbonyl (C=O) groups is 1. The fourth-order valence-corrected chi connectivity index (χ4v) is 3.58. The molecule has 34 heavy (non-hydrogen) atoms.